The molecule has 0 aromatic carbocycles. The number of carbonyl (C=O) groups excluding carboxylic acids is 1. The minimum atomic E-state index is -3.09. The molecule has 16 heavy (non-hydrogen) atoms. The molecule has 0 bridgehead atoms. The topological polar surface area (TPSA) is 39.2 Å². The molecular formula is C9H7ClF3NO2. The van der Waals surface area contributed by atoms with Gasteiger partial charge in [0.05, 0.1) is 12.2 Å². The minimum absolute atomic E-state index is 0.0658. The van der Waals surface area contributed by atoms with E-state index < -0.39 is 34.6 Å². The molecular weight excluding hydrogens is 247 g/mol. The van der Waals surface area contributed by atoms with Gasteiger partial charge in [-0.1, -0.05) is 11.6 Å². The Labute approximate surface area is 94.2 Å². The Morgan fingerprint density at radius 3 is 2.69 bits per heavy atom. The maximum Gasteiger partial charge on any atom is 0.357 e. The van der Waals surface area contributed by atoms with Crippen LogP contribution in [0.2, 0.25) is 5.15 Å². The molecule has 0 atom stereocenters. The van der Waals surface area contributed by atoms with Crippen LogP contribution in [0.5, 0.6) is 0 Å². The molecule has 0 aliphatic rings. The average molecular weight is 254 g/mol. The molecule has 3 nitrogen and oxygen atoms in total. The fraction of sp³-hybridized carbons (Fsp3) is 0.333. The summed E-state index contributed by atoms with van der Waals surface area (Å²) >= 11 is 5.34. The molecule has 0 saturated heterocycles. The van der Waals surface area contributed by atoms with E-state index in [1.165, 1.54) is 0 Å². The first kappa shape index (κ1) is 12.8. The zero-order valence-electron chi connectivity index (χ0n) is 8.14. The number of hydrogen-bond acceptors (Lipinski definition) is 3. The summed E-state index contributed by atoms with van der Waals surface area (Å²) in [5.74, 6) is -2.19. The van der Waals surface area contributed by atoms with E-state index in [4.69, 9.17) is 11.6 Å². The predicted molar refractivity (Wildman–Crippen MR) is 50.1 cm³/mol. The Morgan fingerprint density at radius 1 is 1.62 bits per heavy atom. The standard InChI is InChI=1S/C9H7ClF3NO2/c1-2-16-9(15)5-3-4(11)6(8(12)13)7(10)14-5/h3,8H,2H2,1H3. The van der Waals surface area contributed by atoms with Gasteiger partial charge in [0.2, 0.25) is 0 Å². The van der Waals surface area contributed by atoms with Crippen molar-refractivity contribution >= 4 is 17.6 Å². The van der Waals surface area contributed by atoms with E-state index in [-0.39, 0.29) is 6.61 Å². The van der Waals surface area contributed by atoms with Gasteiger partial charge >= 0.3 is 5.97 Å². The molecule has 0 aliphatic heterocycles. The molecule has 0 unspecified atom stereocenters. The molecule has 1 heterocycles. The van der Waals surface area contributed by atoms with Gasteiger partial charge in [0.25, 0.3) is 6.43 Å². The maximum absolute atomic E-state index is 13.2. The van der Waals surface area contributed by atoms with Crippen molar-refractivity contribution in [1.82, 2.24) is 4.98 Å². The van der Waals surface area contributed by atoms with Gasteiger partial charge in [-0.05, 0) is 6.92 Å². The number of aromatic nitrogens is 1. The second-order valence-corrected chi connectivity index (χ2v) is 3.07. The molecule has 0 aliphatic carbocycles. The summed E-state index contributed by atoms with van der Waals surface area (Å²) in [6, 6.07) is 0.575. The molecule has 0 spiro atoms. The normalized spacial score (nSPS) is 10.6. The van der Waals surface area contributed by atoms with E-state index in [0.717, 1.165) is 0 Å². The van der Waals surface area contributed by atoms with E-state index in [9.17, 15) is 18.0 Å². The number of rotatable bonds is 3. The van der Waals surface area contributed by atoms with Crippen LogP contribution in [0.25, 0.3) is 0 Å². The third-order valence-corrected chi connectivity index (χ3v) is 1.95. The highest BCUT2D eigenvalue weighted by atomic mass is 35.5. The lowest BCUT2D eigenvalue weighted by Crippen LogP contribution is -2.09. The fourth-order valence-corrected chi connectivity index (χ4v) is 1.26. The molecule has 88 valence electrons. The van der Waals surface area contributed by atoms with Crippen LogP contribution in [0.3, 0.4) is 0 Å². The Kier molecular flexibility index (Phi) is 4.12. The quantitative estimate of drug-likeness (QED) is 0.614. The molecule has 1 rings (SSSR count). The second-order valence-electron chi connectivity index (χ2n) is 2.71. The largest absolute Gasteiger partial charge is 0.461 e. The molecule has 0 saturated carbocycles. The SMILES string of the molecule is CCOC(=O)c1cc(F)c(C(F)F)c(Cl)n1. The van der Waals surface area contributed by atoms with E-state index in [1.54, 1.807) is 6.92 Å². The number of ether oxygens (including phenoxy) is 1. The van der Waals surface area contributed by atoms with Crippen LogP contribution < -0.4 is 0 Å². The van der Waals surface area contributed by atoms with Gasteiger partial charge in [0, 0.05) is 6.07 Å². The molecule has 7 heteroatoms. The number of hydrogen-bond donors (Lipinski definition) is 0. The van der Waals surface area contributed by atoms with Crippen molar-refractivity contribution < 1.29 is 22.7 Å². The lowest BCUT2D eigenvalue weighted by molar-refractivity contribution is 0.0518. The first-order valence-corrected chi connectivity index (χ1v) is 4.66. The predicted octanol–water partition coefficient (Wildman–Crippen LogP) is 2.99. The maximum atomic E-state index is 13.2. The first-order valence-electron chi connectivity index (χ1n) is 4.28. The van der Waals surface area contributed by atoms with Crippen molar-refractivity contribution in [3.8, 4) is 0 Å². The number of alkyl halides is 2. The monoisotopic (exact) mass is 253 g/mol. The van der Waals surface area contributed by atoms with Gasteiger partial charge in [0.1, 0.15) is 11.0 Å². The van der Waals surface area contributed by atoms with Gasteiger partial charge < -0.3 is 4.74 Å². The van der Waals surface area contributed by atoms with Crippen molar-refractivity contribution in [2.75, 3.05) is 6.61 Å². The smallest absolute Gasteiger partial charge is 0.357 e. The third kappa shape index (κ3) is 2.63. The van der Waals surface area contributed by atoms with Gasteiger partial charge in [-0.2, -0.15) is 0 Å². The molecule has 0 fully saturated rings. The summed E-state index contributed by atoms with van der Waals surface area (Å²) in [6.07, 6.45) is -3.09. The molecule has 1 aromatic heterocycles. The second kappa shape index (κ2) is 5.16. The number of esters is 1. The van der Waals surface area contributed by atoms with Gasteiger partial charge in [-0.25, -0.2) is 22.9 Å². The Balaban J connectivity index is 3.14. The highest BCUT2D eigenvalue weighted by Gasteiger charge is 2.22. The third-order valence-electron chi connectivity index (χ3n) is 1.66. The lowest BCUT2D eigenvalue weighted by atomic mass is 10.2. The van der Waals surface area contributed by atoms with Crippen LogP contribution in [-0.4, -0.2) is 17.6 Å². The minimum Gasteiger partial charge on any atom is -0.461 e. The van der Waals surface area contributed by atoms with E-state index in [1.807, 2.05) is 0 Å². The van der Waals surface area contributed by atoms with Gasteiger partial charge in [-0.15, -0.1) is 0 Å². The highest BCUT2D eigenvalue weighted by molar-refractivity contribution is 6.30. The zero-order chi connectivity index (χ0) is 12.3. The van der Waals surface area contributed by atoms with Crippen LogP contribution in [0.1, 0.15) is 29.4 Å². The van der Waals surface area contributed by atoms with Gasteiger partial charge in [-0.3, -0.25) is 0 Å². The molecule has 0 N–H and O–H groups in total. The summed E-state index contributed by atoms with van der Waals surface area (Å²) in [6.45, 7) is 1.61. The van der Waals surface area contributed by atoms with Crippen molar-refractivity contribution in [2.45, 2.75) is 13.3 Å². The first-order chi connectivity index (χ1) is 7.47. The van der Waals surface area contributed by atoms with Crippen LogP contribution in [0.4, 0.5) is 13.2 Å². The van der Waals surface area contributed by atoms with E-state index in [2.05, 4.69) is 9.72 Å². The van der Waals surface area contributed by atoms with Crippen LogP contribution >= 0.6 is 11.6 Å². The Bertz CT molecular complexity index is 389. The Hall–Kier alpha value is -1.30. The number of pyridine rings is 1. The van der Waals surface area contributed by atoms with Crippen molar-refractivity contribution in [1.29, 1.82) is 0 Å². The van der Waals surface area contributed by atoms with Crippen molar-refractivity contribution in [2.24, 2.45) is 0 Å². The summed E-state index contributed by atoms with van der Waals surface area (Å²) in [5, 5.41) is -0.738. The fourth-order valence-electron chi connectivity index (χ4n) is 0.998. The molecule has 0 amide bonds. The Morgan fingerprint density at radius 2 is 2.25 bits per heavy atom. The number of carbonyl (C=O) groups is 1. The summed E-state index contributed by atoms with van der Waals surface area (Å²) in [7, 11) is 0. The average Bonchev–Trinajstić information content (AvgIpc) is 2.16. The van der Waals surface area contributed by atoms with Gasteiger partial charge in [0.15, 0.2) is 5.69 Å². The van der Waals surface area contributed by atoms with Crippen molar-refractivity contribution in [3.05, 3.63) is 28.3 Å². The number of nitrogens with zero attached hydrogens (tertiary/aromatic N) is 1. The summed E-state index contributed by atoms with van der Waals surface area (Å²) in [4.78, 5) is 14.5. The van der Waals surface area contributed by atoms with Crippen molar-refractivity contribution in [3.63, 3.8) is 0 Å². The van der Waals surface area contributed by atoms with Crippen LogP contribution in [0, 0.1) is 5.82 Å². The van der Waals surface area contributed by atoms with Crippen LogP contribution in [0.15, 0.2) is 6.07 Å². The molecule has 1 aromatic rings. The van der Waals surface area contributed by atoms with E-state index in [0.29, 0.717) is 6.07 Å². The van der Waals surface area contributed by atoms with Crippen LogP contribution in [-0.2, 0) is 4.74 Å². The number of halogens is 4. The molecule has 0 radical (unpaired) electrons. The van der Waals surface area contributed by atoms with E-state index >= 15 is 0 Å². The summed E-state index contributed by atoms with van der Waals surface area (Å²) < 4.78 is 42.3. The summed E-state index contributed by atoms with van der Waals surface area (Å²) in [5.41, 5.74) is -1.46. The highest BCUT2D eigenvalue weighted by Crippen LogP contribution is 2.28. The lowest BCUT2D eigenvalue weighted by Gasteiger charge is -2.06. The zero-order valence-corrected chi connectivity index (χ0v) is 8.89.